The monoisotopic (exact) mass is 665 g/mol. The molecular weight excluding hydrogens is 614 g/mol. The van der Waals surface area contributed by atoms with Crippen molar-refractivity contribution in [3.05, 3.63) is 77.6 Å². The number of amides is 2. The predicted molar refractivity (Wildman–Crippen MR) is 191 cm³/mol. The summed E-state index contributed by atoms with van der Waals surface area (Å²) in [5.74, 6) is 1.26. The molecule has 2 aliphatic heterocycles. The molecule has 1 atom stereocenters. The summed E-state index contributed by atoms with van der Waals surface area (Å²) in [6.07, 6.45) is 15.9. The van der Waals surface area contributed by atoms with Crippen molar-refractivity contribution in [3.63, 3.8) is 0 Å². The number of nitrogens with zero attached hydrogens (tertiary/aromatic N) is 4. The third-order valence-electron chi connectivity index (χ3n) is 11.2. The molecule has 3 aliphatic rings. The fourth-order valence-corrected chi connectivity index (χ4v) is 8.01. The van der Waals surface area contributed by atoms with Crippen molar-refractivity contribution >= 4 is 23.5 Å². The Morgan fingerprint density at radius 3 is 2.04 bits per heavy atom. The van der Waals surface area contributed by atoms with Crippen LogP contribution in [0.2, 0.25) is 0 Å². The number of carboxylic acids is 1. The van der Waals surface area contributed by atoms with Crippen molar-refractivity contribution in [2.24, 2.45) is 23.7 Å². The van der Waals surface area contributed by atoms with Crippen LogP contribution in [0.15, 0.2) is 60.9 Å². The van der Waals surface area contributed by atoms with E-state index in [1.165, 1.54) is 56.3 Å². The third-order valence-corrected chi connectivity index (χ3v) is 11.2. The Morgan fingerprint density at radius 2 is 1.45 bits per heavy atom. The van der Waals surface area contributed by atoms with Gasteiger partial charge in [0.15, 0.2) is 5.82 Å². The minimum absolute atomic E-state index is 0.149. The molecule has 2 aromatic carbocycles. The maximum atomic E-state index is 13.4. The lowest BCUT2D eigenvalue weighted by molar-refractivity contribution is -0.153. The number of hydrogen-bond donors (Lipinski definition) is 2. The molecule has 1 aliphatic carbocycles. The van der Waals surface area contributed by atoms with Crippen LogP contribution >= 0.6 is 0 Å². The van der Waals surface area contributed by atoms with Gasteiger partial charge in [0.05, 0.1) is 24.0 Å². The molecule has 0 spiro atoms. The lowest BCUT2D eigenvalue weighted by atomic mass is 9.72. The van der Waals surface area contributed by atoms with E-state index in [-0.39, 0.29) is 31.3 Å². The molecule has 260 valence electrons. The van der Waals surface area contributed by atoms with Gasteiger partial charge in [-0.1, -0.05) is 75.9 Å². The van der Waals surface area contributed by atoms with Crippen LogP contribution in [0.3, 0.4) is 0 Å². The fourth-order valence-electron chi connectivity index (χ4n) is 8.01. The lowest BCUT2D eigenvalue weighted by Crippen LogP contribution is -2.59. The average molecular weight is 666 g/mol. The minimum Gasteiger partial charge on any atom is -0.481 e. The number of benzene rings is 2. The Labute approximate surface area is 290 Å². The van der Waals surface area contributed by atoms with Crippen LogP contribution in [0.1, 0.15) is 86.7 Å². The molecule has 6 rings (SSSR count). The van der Waals surface area contributed by atoms with Crippen LogP contribution in [-0.4, -0.2) is 70.0 Å². The van der Waals surface area contributed by atoms with Crippen molar-refractivity contribution in [3.8, 4) is 11.4 Å². The first-order valence-corrected chi connectivity index (χ1v) is 18.4. The highest BCUT2D eigenvalue weighted by molar-refractivity contribution is 5.98. The van der Waals surface area contributed by atoms with Crippen molar-refractivity contribution in [1.29, 1.82) is 0 Å². The number of hydrogen-bond acceptors (Lipinski definition) is 6. The Hall–Kier alpha value is -4.27. The smallest absolute Gasteiger partial charge is 0.310 e. The van der Waals surface area contributed by atoms with E-state index in [0.29, 0.717) is 11.4 Å². The predicted octanol–water partition coefficient (Wildman–Crippen LogP) is 6.41. The molecule has 2 N–H and O–H groups in total. The summed E-state index contributed by atoms with van der Waals surface area (Å²) in [7, 11) is 0. The SMILES string of the molecule is CCCC1CCC(C2CCN(c3cnc(-c4ccc(C[C@H](NC(=O)c5ccc(CC)cc5)C(=O)N5CC(C(=O)O)C5)cc4)nc3)CC2)CC1. The molecule has 0 bridgehead atoms. The van der Waals surface area contributed by atoms with E-state index in [0.717, 1.165) is 59.6 Å². The zero-order valence-corrected chi connectivity index (χ0v) is 29.0. The topological polar surface area (TPSA) is 116 Å². The zero-order valence-electron chi connectivity index (χ0n) is 29.0. The van der Waals surface area contributed by atoms with Crippen molar-refractivity contribution in [2.45, 2.75) is 84.1 Å². The second-order valence-electron chi connectivity index (χ2n) is 14.4. The van der Waals surface area contributed by atoms with Gasteiger partial charge in [-0.25, -0.2) is 9.97 Å². The van der Waals surface area contributed by atoms with Crippen molar-refractivity contribution < 1.29 is 19.5 Å². The van der Waals surface area contributed by atoms with Gasteiger partial charge >= 0.3 is 5.97 Å². The molecule has 2 saturated heterocycles. The third kappa shape index (κ3) is 8.49. The van der Waals surface area contributed by atoms with Gasteiger partial charge in [0.1, 0.15) is 6.04 Å². The van der Waals surface area contributed by atoms with Gasteiger partial charge in [-0.15, -0.1) is 0 Å². The molecule has 3 aromatic rings. The first-order chi connectivity index (χ1) is 23.8. The second-order valence-corrected chi connectivity index (χ2v) is 14.4. The number of carbonyl (C=O) groups excluding carboxylic acids is 2. The van der Waals surface area contributed by atoms with Crippen LogP contribution in [0, 0.1) is 23.7 Å². The highest BCUT2D eigenvalue weighted by Gasteiger charge is 2.39. The van der Waals surface area contributed by atoms with E-state index in [4.69, 9.17) is 9.97 Å². The number of aryl methyl sites for hydroxylation is 1. The normalized spacial score (nSPS) is 20.8. The molecule has 1 saturated carbocycles. The summed E-state index contributed by atoms with van der Waals surface area (Å²) >= 11 is 0. The van der Waals surface area contributed by atoms with Gasteiger partial charge in [0.25, 0.3) is 5.91 Å². The molecule has 3 fully saturated rings. The zero-order chi connectivity index (χ0) is 34.3. The first kappa shape index (κ1) is 34.6. The molecule has 0 radical (unpaired) electrons. The first-order valence-electron chi connectivity index (χ1n) is 18.4. The summed E-state index contributed by atoms with van der Waals surface area (Å²) in [4.78, 5) is 51.3. The van der Waals surface area contributed by atoms with Crippen molar-refractivity contribution in [1.82, 2.24) is 20.2 Å². The number of likely N-dealkylation sites (tertiary alicyclic amines) is 1. The number of aliphatic carboxylic acids is 1. The van der Waals surface area contributed by atoms with Gasteiger partial charge in [0.2, 0.25) is 5.91 Å². The van der Waals surface area contributed by atoms with E-state index in [1.54, 1.807) is 12.1 Å². The summed E-state index contributed by atoms with van der Waals surface area (Å²) in [6.45, 7) is 6.78. The standard InChI is InChI=1S/C40H51N5O4/c1-3-5-28-8-12-30(13-9-28)31-18-20-44(21-19-31)35-23-41-37(42-24-35)32-14-10-29(11-15-32)22-36(39(47)45-25-34(26-45)40(48)49)43-38(46)33-16-6-27(4-2)7-17-33/h6-7,10-11,14-17,23-24,28,30-31,34,36H,3-5,8-9,12-13,18-22,25-26H2,1-2H3,(H,43,46)(H,48,49)/t28?,30?,36-/m0/s1. The number of aromatic nitrogens is 2. The highest BCUT2D eigenvalue weighted by atomic mass is 16.4. The molecule has 3 heterocycles. The molecule has 9 heteroatoms. The number of piperidine rings is 1. The quantitative estimate of drug-likeness (QED) is 0.230. The van der Waals surface area contributed by atoms with E-state index >= 15 is 0 Å². The average Bonchev–Trinajstić information content (AvgIpc) is 3.11. The van der Waals surface area contributed by atoms with Gasteiger partial charge in [0, 0.05) is 43.7 Å². The maximum Gasteiger partial charge on any atom is 0.310 e. The van der Waals surface area contributed by atoms with Crippen LogP contribution in [0.4, 0.5) is 5.69 Å². The van der Waals surface area contributed by atoms with Crippen LogP contribution < -0.4 is 10.2 Å². The number of carboxylic acid groups (broad SMARTS) is 1. The largest absolute Gasteiger partial charge is 0.481 e. The van der Waals surface area contributed by atoms with Crippen LogP contribution in [0.25, 0.3) is 11.4 Å². The van der Waals surface area contributed by atoms with Gasteiger partial charge in [-0.05, 0) is 73.1 Å². The maximum absolute atomic E-state index is 13.4. The fraction of sp³-hybridized carbons (Fsp3) is 0.525. The Kier molecular flexibility index (Phi) is 11.3. The van der Waals surface area contributed by atoms with E-state index in [9.17, 15) is 19.5 Å². The summed E-state index contributed by atoms with van der Waals surface area (Å²) in [5.41, 5.74) is 4.42. The Bertz CT molecular complexity index is 1550. The Balaban J connectivity index is 1.05. The summed E-state index contributed by atoms with van der Waals surface area (Å²) in [6, 6.07) is 14.3. The Morgan fingerprint density at radius 1 is 0.837 bits per heavy atom. The molecule has 9 nitrogen and oxygen atoms in total. The van der Waals surface area contributed by atoms with Gasteiger partial charge < -0.3 is 20.2 Å². The highest BCUT2D eigenvalue weighted by Crippen LogP contribution is 2.39. The van der Waals surface area contributed by atoms with Crippen LogP contribution in [-0.2, 0) is 22.4 Å². The van der Waals surface area contributed by atoms with Crippen molar-refractivity contribution in [2.75, 3.05) is 31.1 Å². The van der Waals surface area contributed by atoms with Crippen LogP contribution in [0.5, 0.6) is 0 Å². The molecular formula is C40H51N5O4. The second kappa shape index (κ2) is 16.0. The molecule has 0 unspecified atom stereocenters. The minimum atomic E-state index is -0.911. The molecule has 2 amide bonds. The van der Waals surface area contributed by atoms with E-state index < -0.39 is 17.9 Å². The molecule has 49 heavy (non-hydrogen) atoms. The number of anilines is 1. The molecule has 1 aromatic heterocycles. The van der Waals surface area contributed by atoms with Gasteiger partial charge in [-0.2, -0.15) is 0 Å². The van der Waals surface area contributed by atoms with Gasteiger partial charge in [-0.3, -0.25) is 14.4 Å². The van der Waals surface area contributed by atoms with E-state index in [2.05, 4.69) is 24.1 Å². The van der Waals surface area contributed by atoms with E-state index in [1.807, 2.05) is 48.8 Å². The number of carbonyl (C=O) groups is 3. The summed E-state index contributed by atoms with van der Waals surface area (Å²) < 4.78 is 0. The number of nitrogens with one attached hydrogen (secondary N) is 1. The number of rotatable bonds is 12. The lowest BCUT2D eigenvalue weighted by Gasteiger charge is -2.39. The summed E-state index contributed by atoms with van der Waals surface area (Å²) in [5, 5.41) is 12.2.